The van der Waals surface area contributed by atoms with Gasteiger partial charge in [-0.3, -0.25) is 9.59 Å². The molecular formula is C14H25N3O4. The van der Waals surface area contributed by atoms with Gasteiger partial charge in [-0.2, -0.15) is 0 Å². The van der Waals surface area contributed by atoms with Crippen LogP contribution in [0.15, 0.2) is 0 Å². The van der Waals surface area contributed by atoms with Crippen molar-refractivity contribution in [3.05, 3.63) is 0 Å². The van der Waals surface area contributed by atoms with Gasteiger partial charge < -0.3 is 21.5 Å². The first-order chi connectivity index (χ1) is 9.66. The molecule has 1 rings (SSSR count). The lowest BCUT2D eigenvalue weighted by Gasteiger charge is -2.46. The van der Waals surface area contributed by atoms with E-state index in [2.05, 4.69) is 10.6 Å². The summed E-state index contributed by atoms with van der Waals surface area (Å²) in [5.74, 6) is -1.61. The molecule has 7 nitrogen and oxygen atoms in total. The zero-order chi connectivity index (χ0) is 16.2. The number of nitrogens with two attached hydrogens (primary N) is 1. The van der Waals surface area contributed by atoms with Gasteiger partial charge in [0.1, 0.15) is 0 Å². The quantitative estimate of drug-likeness (QED) is 0.596. The molecule has 0 bridgehead atoms. The maximum Gasteiger partial charge on any atom is 0.315 e. The fourth-order valence-corrected chi connectivity index (χ4v) is 2.96. The van der Waals surface area contributed by atoms with Gasteiger partial charge in [0.2, 0.25) is 5.91 Å². The van der Waals surface area contributed by atoms with Crippen molar-refractivity contribution in [1.29, 1.82) is 0 Å². The van der Waals surface area contributed by atoms with Gasteiger partial charge in [-0.1, -0.05) is 20.8 Å². The third-order valence-corrected chi connectivity index (χ3v) is 4.71. The Morgan fingerprint density at radius 3 is 2.43 bits per heavy atom. The van der Waals surface area contributed by atoms with Crippen LogP contribution >= 0.6 is 0 Å². The predicted octanol–water partition coefficient (Wildman–Crippen LogP) is 0.686. The van der Waals surface area contributed by atoms with Crippen LogP contribution in [0.4, 0.5) is 4.79 Å². The number of urea groups is 1. The van der Waals surface area contributed by atoms with Crippen molar-refractivity contribution < 1.29 is 19.5 Å². The largest absolute Gasteiger partial charge is 0.481 e. The van der Waals surface area contributed by atoms with Crippen LogP contribution in [0.25, 0.3) is 0 Å². The number of carbonyl (C=O) groups excluding carboxylic acids is 2. The summed E-state index contributed by atoms with van der Waals surface area (Å²) in [5, 5.41) is 14.7. The molecule has 0 radical (unpaired) electrons. The third kappa shape index (κ3) is 4.34. The smallest absolute Gasteiger partial charge is 0.315 e. The van der Waals surface area contributed by atoms with Crippen molar-refractivity contribution in [3.8, 4) is 0 Å². The number of nitrogens with one attached hydrogen (secondary N) is 2. The molecular weight excluding hydrogens is 274 g/mol. The Morgan fingerprint density at radius 1 is 1.29 bits per heavy atom. The van der Waals surface area contributed by atoms with Gasteiger partial charge in [0.05, 0.1) is 5.92 Å². The molecule has 0 spiro atoms. The second-order valence-electron chi connectivity index (χ2n) is 6.30. The molecule has 1 aliphatic rings. The van der Waals surface area contributed by atoms with Gasteiger partial charge in [-0.05, 0) is 24.2 Å². The van der Waals surface area contributed by atoms with E-state index < -0.39 is 23.2 Å². The topological polar surface area (TPSA) is 122 Å². The van der Waals surface area contributed by atoms with Crippen molar-refractivity contribution in [3.63, 3.8) is 0 Å². The van der Waals surface area contributed by atoms with Crippen molar-refractivity contribution >= 4 is 17.9 Å². The minimum Gasteiger partial charge on any atom is -0.481 e. The Labute approximate surface area is 124 Å². The zero-order valence-electron chi connectivity index (χ0n) is 12.8. The predicted molar refractivity (Wildman–Crippen MR) is 77.4 cm³/mol. The Morgan fingerprint density at radius 2 is 1.90 bits per heavy atom. The fraction of sp³-hybridized carbons (Fsp3) is 0.786. The second kappa shape index (κ2) is 6.78. The van der Waals surface area contributed by atoms with Crippen molar-refractivity contribution in [2.24, 2.45) is 23.0 Å². The molecule has 7 heteroatoms. The Balaban J connectivity index is 2.56. The molecule has 1 saturated carbocycles. The average molecular weight is 299 g/mol. The highest BCUT2D eigenvalue weighted by atomic mass is 16.4. The van der Waals surface area contributed by atoms with Gasteiger partial charge in [0.25, 0.3) is 0 Å². The lowest BCUT2D eigenvalue weighted by atomic mass is 9.61. The first-order valence-corrected chi connectivity index (χ1v) is 7.21. The number of carboxylic acids is 1. The van der Waals surface area contributed by atoms with Gasteiger partial charge in [0, 0.05) is 19.0 Å². The molecule has 3 unspecified atom stereocenters. The average Bonchev–Trinajstić information content (AvgIpc) is 2.34. The first-order valence-electron chi connectivity index (χ1n) is 7.21. The van der Waals surface area contributed by atoms with E-state index in [1.54, 1.807) is 0 Å². The molecule has 1 fully saturated rings. The molecule has 1 aliphatic carbocycles. The number of carbonyl (C=O) groups is 3. The molecule has 0 aliphatic heterocycles. The summed E-state index contributed by atoms with van der Waals surface area (Å²) in [5.41, 5.74) is 4.60. The summed E-state index contributed by atoms with van der Waals surface area (Å²) in [6, 6.07) is -0.429. The van der Waals surface area contributed by atoms with E-state index in [4.69, 9.17) is 5.73 Å². The van der Waals surface area contributed by atoms with Crippen molar-refractivity contribution in [2.75, 3.05) is 6.54 Å². The molecule has 5 N–H and O–H groups in total. The number of hydrogen-bond donors (Lipinski definition) is 4. The highest BCUT2D eigenvalue weighted by molar-refractivity contribution is 5.77. The van der Waals surface area contributed by atoms with E-state index in [0.29, 0.717) is 12.8 Å². The minimum atomic E-state index is -0.781. The van der Waals surface area contributed by atoms with Gasteiger partial charge in [-0.15, -0.1) is 0 Å². The van der Waals surface area contributed by atoms with Gasteiger partial charge >= 0.3 is 12.0 Å². The molecule has 120 valence electrons. The van der Waals surface area contributed by atoms with E-state index in [0.717, 1.165) is 0 Å². The van der Waals surface area contributed by atoms with Crippen LogP contribution in [0.2, 0.25) is 0 Å². The van der Waals surface area contributed by atoms with Crippen LogP contribution in [-0.4, -0.2) is 35.6 Å². The lowest BCUT2D eigenvalue weighted by Crippen LogP contribution is -2.54. The lowest BCUT2D eigenvalue weighted by molar-refractivity contribution is -0.150. The molecule has 0 aromatic heterocycles. The second-order valence-corrected chi connectivity index (χ2v) is 6.30. The molecule has 0 aromatic carbocycles. The Kier molecular flexibility index (Phi) is 5.57. The molecule has 3 amide bonds. The summed E-state index contributed by atoms with van der Waals surface area (Å²) >= 11 is 0. The van der Waals surface area contributed by atoms with E-state index in [1.807, 2.05) is 20.8 Å². The van der Waals surface area contributed by atoms with Crippen LogP contribution in [0.3, 0.4) is 0 Å². The van der Waals surface area contributed by atoms with E-state index >= 15 is 0 Å². The maximum absolute atomic E-state index is 11.8. The summed E-state index contributed by atoms with van der Waals surface area (Å²) in [6.07, 6.45) is 1.27. The highest BCUT2D eigenvalue weighted by Crippen LogP contribution is 2.44. The summed E-state index contributed by atoms with van der Waals surface area (Å²) in [7, 11) is 0. The molecule has 0 saturated heterocycles. The Bertz CT molecular complexity index is 422. The van der Waals surface area contributed by atoms with Crippen LogP contribution in [0.5, 0.6) is 0 Å². The standard InChI is InChI=1S/C14H25N3O4/c1-8-10(17-13(21)16-7-6-11(15)18)5-4-9(12(19)20)14(8,2)3/h8-10H,4-7H2,1-3H3,(H2,15,18)(H,19,20)(H2,16,17,21). The number of rotatable bonds is 5. The maximum atomic E-state index is 11.8. The van der Waals surface area contributed by atoms with Crippen LogP contribution < -0.4 is 16.4 Å². The van der Waals surface area contributed by atoms with Crippen LogP contribution in [0.1, 0.15) is 40.0 Å². The zero-order valence-corrected chi connectivity index (χ0v) is 12.8. The normalized spacial score (nSPS) is 27.7. The van der Waals surface area contributed by atoms with E-state index in [1.165, 1.54) is 0 Å². The fourth-order valence-electron chi connectivity index (χ4n) is 2.96. The van der Waals surface area contributed by atoms with E-state index in [-0.39, 0.29) is 31.0 Å². The number of hydrogen-bond acceptors (Lipinski definition) is 3. The van der Waals surface area contributed by atoms with Crippen molar-refractivity contribution in [1.82, 2.24) is 10.6 Å². The van der Waals surface area contributed by atoms with E-state index in [9.17, 15) is 19.5 Å². The molecule has 0 heterocycles. The molecule has 21 heavy (non-hydrogen) atoms. The summed E-state index contributed by atoms with van der Waals surface area (Å²) < 4.78 is 0. The summed E-state index contributed by atoms with van der Waals surface area (Å²) in [4.78, 5) is 33.7. The summed E-state index contributed by atoms with van der Waals surface area (Å²) in [6.45, 7) is 6.01. The van der Waals surface area contributed by atoms with Gasteiger partial charge in [0.15, 0.2) is 0 Å². The monoisotopic (exact) mass is 299 g/mol. The minimum absolute atomic E-state index is 0.0363. The third-order valence-electron chi connectivity index (χ3n) is 4.71. The highest BCUT2D eigenvalue weighted by Gasteiger charge is 2.46. The molecule has 3 atom stereocenters. The number of amides is 3. The van der Waals surface area contributed by atoms with Crippen molar-refractivity contribution in [2.45, 2.75) is 46.1 Å². The number of primary amides is 1. The number of aliphatic carboxylic acids is 1. The Hall–Kier alpha value is -1.79. The van der Waals surface area contributed by atoms with Gasteiger partial charge in [-0.25, -0.2) is 4.79 Å². The van der Waals surface area contributed by atoms with Crippen LogP contribution in [0, 0.1) is 17.3 Å². The number of carboxylic acid groups (broad SMARTS) is 1. The SMILES string of the molecule is CC1C(NC(=O)NCCC(N)=O)CCC(C(=O)O)C1(C)C. The molecule has 0 aromatic rings. The van der Waals surface area contributed by atoms with Crippen LogP contribution in [-0.2, 0) is 9.59 Å². The first kappa shape index (κ1) is 17.3.